The largest absolute Gasteiger partial charge is 0.486 e. The van der Waals surface area contributed by atoms with Crippen LogP contribution in [0.3, 0.4) is 0 Å². The van der Waals surface area contributed by atoms with Crippen molar-refractivity contribution in [2.45, 2.75) is 59.0 Å². The molecule has 0 aliphatic carbocycles. The van der Waals surface area contributed by atoms with Crippen molar-refractivity contribution < 1.29 is 19.0 Å². The first-order chi connectivity index (χ1) is 12.7. The Morgan fingerprint density at radius 3 is 2.48 bits per heavy atom. The van der Waals surface area contributed by atoms with Crippen molar-refractivity contribution in [2.24, 2.45) is 11.3 Å². The number of ether oxygens (including phenoxy) is 3. The van der Waals surface area contributed by atoms with Gasteiger partial charge in [-0.3, -0.25) is 4.79 Å². The molecule has 3 rings (SSSR count). The Hall–Kier alpha value is -1.75. The van der Waals surface area contributed by atoms with E-state index < -0.39 is 5.41 Å². The molecule has 0 saturated carbocycles. The van der Waals surface area contributed by atoms with Gasteiger partial charge in [0, 0.05) is 19.1 Å². The van der Waals surface area contributed by atoms with Crippen molar-refractivity contribution in [2.75, 3.05) is 26.4 Å². The number of carbonyl (C=O) groups excluding carboxylic acids is 1. The van der Waals surface area contributed by atoms with Crippen LogP contribution in [-0.2, 0) is 14.9 Å². The molecule has 1 fully saturated rings. The number of amides is 1. The molecular weight excluding hydrogens is 342 g/mol. The summed E-state index contributed by atoms with van der Waals surface area (Å²) in [5.41, 5.74) is 0.348. The van der Waals surface area contributed by atoms with Crippen molar-refractivity contribution in [3.8, 4) is 11.5 Å². The molecule has 27 heavy (non-hydrogen) atoms. The lowest BCUT2D eigenvalue weighted by molar-refractivity contribution is -0.127. The standard InChI is InChI=1S/C22H33NO4/c1-21(2,3)19-15(7-6-10-27-19)14-23-20(24)22(4,5)16-8-9-17-18(13-16)26-12-11-25-17/h8-9,13,15,19H,6-7,10-12,14H2,1-5H3,(H,23,24)/t15-,19-/m1/s1. The normalized spacial score (nSPS) is 23.0. The third kappa shape index (κ3) is 4.40. The third-order valence-corrected chi connectivity index (χ3v) is 5.65. The topological polar surface area (TPSA) is 56.8 Å². The van der Waals surface area contributed by atoms with E-state index in [4.69, 9.17) is 14.2 Å². The molecule has 2 atom stereocenters. The maximum Gasteiger partial charge on any atom is 0.230 e. The Labute approximate surface area is 162 Å². The molecule has 0 aromatic heterocycles. The molecule has 5 heteroatoms. The summed E-state index contributed by atoms with van der Waals surface area (Å²) in [5, 5.41) is 3.18. The molecule has 5 nitrogen and oxygen atoms in total. The summed E-state index contributed by atoms with van der Waals surface area (Å²) in [7, 11) is 0. The maximum absolute atomic E-state index is 13.0. The molecular formula is C22H33NO4. The van der Waals surface area contributed by atoms with Crippen molar-refractivity contribution in [3.05, 3.63) is 23.8 Å². The molecule has 2 heterocycles. The van der Waals surface area contributed by atoms with Crippen molar-refractivity contribution in [3.63, 3.8) is 0 Å². The zero-order valence-electron chi connectivity index (χ0n) is 17.3. The monoisotopic (exact) mass is 375 g/mol. The highest BCUT2D eigenvalue weighted by atomic mass is 16.6. The molecule has 1 amide bonds. The summed E-state index contributed by atoms with van der Waals surface area (Å²) < 4.78 is 17.3. The molecule has 1 aromatic rings. The third-order valence-electron chi connectivity index (χ3n) is 5.65. The number of rotatable bonds is 4. The average Bonchev–Trinajstić information content (AvgIpc) is 2.65. The van der Waals surface area contributed by atoms with E-state index in [-0.39, 0.29) is 17.4 Å². The van der Waals surface area contributed by atoms with Crippen LogP contribution in [0.5, 0.6) is 11.5 Å². The van der Waals surface area contributed by atoms with Gasteiger partial charge in [0.15, 0.2) is 11.5 Å². The van der Waals surface area contributed by atoms with E-state index in [0.717, 1.165) is 30.8 Å². The second-order valence-corrected chi connectivity index (χ2v) is 9.25. The summed E-state index contributed by atoms with van der Waals surface area (Å²) >= 11 is 0. The number of fused-ring (bicyclic) bond motifs is 1. The molecule has 2 aliphatic heterocycles. The first-order valence-corrected chi connectivity index (χ1v) is 9.99. The lowest BCUT2D eigenvalue weighted by Gasteiger charge is -2.40. The zero-order chi connectivity index (χ0) is 19.7. The maximum atomic E-state index is 13.0. The fraction of sp³-hybridized carbons (Fsp3) is 0.682. The Balaban J connectivity index is 1.67. The van der Waals surface area contributed by atoms with Gasteiger partial charge in [-0.25, -0.2) is 0 Å². The van der Waals surface area contributed by atoms with E-state index in [0.29, 0.717) is 31.4 Å². The van der Waals surface area contributed by atoms with Crippen molar-refractivity contribution >= 4 is 5.91 Å². The van der Waals surface area contributed by atoms with Gasteiger partial charge in [0.25, 0.3) is 0 Å². The van der Waals surface area contributed by atoms with Crippen LogP contribution in [0.25, 0.3) is 0 Å². The summed E-state index contributed by atoms with van der Waals surface area (Å²) in [6.45, 7) is 13.1. The van der Waals surface area contributed by atoms with Gasteiger partial charge in [0.1, 0.15) is 13.2 Å². The summed E-state index contributed by atoms with van der Waals surface area (Å²) in [4.78, 5) is 13.0. The fourth-order valence-corrected chi connectivity index (χ4v) is 4.02. The second kappa shape index (κ2) is 7.70. The average molecular weight is 376 g/mol. The first-order valence-electron chi connectivity index (χ1n) is 9.99. The van der Waals surface area contributed by atoms with Crippen LogP contribution >= 0.6 is 0 Å². The first kappa shape index (κ1) is 20.0. The van der Waals surface area contributed by atoms with Gasteiger partial charge >= 0.3 is 0 Å². The molecule has 1 N–H and O–H groups in total. The number of hydrogen-bond donors (Lipinski definition) is 1. The van der Waals surface area contributed by atoms with Crippen LogP contribution in [0.2, 0.25) is 0 Å². The summed E-state index contributed by atoms with van der Waals surface area (Å²) in [6, 6.07) is 5.77. The highest BCUT2D eigenvalue weighted by Gasteiger charge is 2.37. The van der Waals surface area contributed by atoms with E-state index >= 15 is 0 Å². The van der Waals surface area contributed by atoms with Gasteiger partial charge in [-0.15, -0.1) is 0 Å². The minimum Gasteiger partial charge on any atom is -0.486 e. The molecule has 0 radical (unpaired) electrons. The SMILES string of the molecule is CC(C)(C(=O)NC[C@H]1CCCO[C@H]1C(C)(C)C)c1ccc2c(c1)OCCO2. The van der Waals surface area contributed by atoms with Gasteiger partial charge in [0.05, 0.1) is 11.5 Å². The van der Waals surface area contributed by atoms with E-state index in [1.54, 1.807) is 0 Å². The van der Waals surface area contributed by atoms with Gasteiger partial charge in [-0.1, -0.05) is 26.8 Å². The number of carbonyl (C=O) groups is 1. The Bertz CT molecular complexity index is 677. The number of nitrogens with one attached hydrogen (secondary N) is 1. The van der Waals surface area contributed by atoms with Crippen LogP contribution in [0.15, 0.2) is 18.2 Å². The molecule has 1 aromatic carbocycles. The smallest absolute Gasteiger partial charge is 0.230 e. The predicted octanol–water partition coefficient (Wildman–Crippen LogP) is 3.69. The lowest BCUT2D eigenvalue weighted by atomic mass is 9.77. The molecule has 0 unspecified atom stereocenters. The predicted molar refractivity (Wildman–Crippen MR) is 105 cm³/mol. The summed E-state index contributed by atoms with van der Waals surface area (Å²) in [6.07, 6.45) is 2.31. The number of benzene rings is 1. The van der Waals surface area contributed by atoms with Crippen LogP contribution in [0.4, 0.5) is 0 Å². The zero-order valence-corrected chi connectivity index (χ0v) is 17.3. The van der Waals surface area contributed by atoms with Crippen LogP contribution in [0.1, 0.15) is 53.0 Å². The van der Waals surface area contributed by atoms with Gasteiger partial charge in [0.2, 0.25) is 5.91 Å². The van der Waals surface area contributed by atoms with E-state index in [1.165, 1.54) is 0 Å². The van der Waals surface area contributed by atoms with Gasteiger partial charge < -0.3 is 19.5 Å². The molecule has 0 bridgehead atoms. The summed E-state index contributed by atoms with van der Waals surface area (Å²) in [5.74, 6) is 1.83. The second-order valence-electron chi connectivity index (χ2n) is 9.25. The van der Waals surface area contributed by atoms with Crippen LogP contribution in [-0.4, -0.2) is 38.4 Å². The minimum absolute atomic E-state index is 0.0254. The Morgan fingerprint density at radius 1 is 1.07 bits per heavy atom. The van der Waals surface area contributed by atoms with Gasteiger partial charge in [-0.2, -0.15) is 0 Å². The lowest BCUT2D eigenvalue weighted by Crippen LogP contribution is -2.48. The number of hydrogen-bond acceptors (Lipinski definition) is 4. The van der Waals surface area contributed by atoms with Crippen molar-refractivity contribution in [1.82, 2.24) is 5.32 Å². The fourth-order valence-electron chi connectivity index (χ4n) is 4.02. The quantitative estimate of drug-likeness (QED) is 0.872. The molecule has 2 aliphatic rings. The van der Waals surface area contributed by atoms with E-state index in [1.807, 2.05) is 32.0 Å². The molecule has 1 saturated heterocycles. The van der Waals surface area contributed by atoms with E-state index in [2.05, 4.69) is 26.1 Å². The van der Waals surface area contributed by atoms with Crippen LogP contribution in [0, 0.1) is 11.3 Å². The van der Waals surface area contributed by atoms with Crippen molar-refractivity contribution in [1.29, 1.82) is 0 Å². The Morgan fingerprint density at radius 2 is 1.78 bits per heavy atom. The minimum atomic E-state index is -0.650. The Kier molecular flexibility index (Phi) is 5.71. The highest BCUT2D eigenvalue weighted by molar-refractivity contribution is 5.87. The molecule has 150 valence electrons. The van der Waals surface area contributed by atoms with Crippen LogP contribution < -0.4 is 14.8 Å². The molecule has 0 spiro atoms. The van der Waals surface area contributed by atoms with Gasteiger partial charge in [-0.05, 0) is 49.8 Å². The highest BCUT2D eigenvalue weighted by Crippen LogP contribution is 2.36. The van der Waals surface area contributed by atoms with E-state index in [9.17, 15) is 4.79 Å².